The maximum atomic E-state index is 13.4. The van der Waals surface area contributed by atoms with E-state index in [4.69, 9.17) is 11.6 Å². The Morgan fingerprint density at radius 2 is 1.94 bits per heavy atom. The van der Waals surface area contributed by atoms with Crippen molar-refractivity contribution in [2.75, 3.05) is 6.54 Å². The third-order valence-corrected chi connectivity index (χ3v) is 2.66. The summed E-state index contributed by atoms with van der Waals surface area (Å²) in [6, 6.07) is 3.77. The fourth-order valence-corrected chi connectivity index (χ4v) is 1.35. The summed E-state index contributed by atoms with van der Waals surface area (Å²) in [5.41, 5.74) is -0.660. The summed E-state index contributed by atoms with van der Waals surface area (Å²) in [5, 5.41) is 2.61. The summed E-state index contributed by atoms with van der Waals surface area (Å²) in [6.45, 7) is 5.14. The van der Waals surface area contributed by atoms with Crippen molar-refractivity contribution in [3.8, 4) is 0 Å². The lowest BCUT2D eigenvalue weighted by molar-refractivity contribution is -0.125. The maximum Gasteiger partial charge on any atom is 0.254 e. The molecule has 0 saturated heterocycles. The molecule has 0 atom stereocenters. The Kier molecular flexibility index (Phi) is 4.46. The van der Waals surface area contributed by atoms with Gasteiger partial charge in [0.15, 0.2) is 5.78 Å². The standard InChI is InChI=1S/C13H15ClFNO2/c1-13(2,3)11(17)7-16-12(18)9-5-4-8(14)6-10(9)15/h4-6H,7H2,1-3H3,(H,16,18). The Morgan fingerprint density at radius 1 is 1.33 bits per heavy atom. The Balaban J connectivity index is 2.70. The number of ketones is 1. The monoisotopic (exact) mass is 271 g/mol. The van der Waals surface area contributed by atoms with E-state index in [9.17, 15) is 14.0 Å². The molecular formula is C13H15ClFNO2. The highest BCUT2D eigenvalue weighted by Gasteiger charge is 2.22. The number of halogens is 2. The molecule has 0 bridgehead atoms. The Hall–Kier alpha value is -1.42. The first-order valence-electron chi connectivity index (χ1n) is 5.48. The highest BCUT2D eigenvalue weighted by Crippen LogP contribution is 2.15. The predicted molar refractivity (Wildman–Crippen MR) is 68.2 cm³/mol. The average Bonchev–Trinajstić information content (AvgIpc) is 2.24. The van der Waals surface area contributed by atoms with Crippen molar-refractivity contribution in [3.63, 3.8) is 0 Å². The summed E-state index contributed by atoms with van der Waals surface area (Å²) in [4.78, 5) is 23.3. The van der Waals surface area contributed by atoms with Crippen LogP contribution in [-0.2, 0) is 4.79 Å². The molecular weight excluding hydrogens is 257 g/mol. The Bertz CT molecular complexity index is 480. The smallest absolute Gasteiger partial charge is 0.254 e. The third-order valence-electron chi connectivity index (χ3n) is 2.42. The molecule has 0 aliphatic rings. The van der Waals surface area contributed by atoms with Gasteiger partial charge < -0.3 is 5.32 Å². The minimum atomic E-state index is -0.705. The van der Waals surface area contributed by atoms with Crippen LogP contribution in [0.2, 0.25) is 5.02 Å². The van der Waals surface area contributed by atoms with E-state index >= 15 is 0 Å². The van der Waals surface area contributed by atoms with Crippen LogP contribution in [0.3, 0.4) is 0 Å². The van der Waals surface area contributed by atoms with Crippen LogP contribution < -0.4 is 5.32 Å². The van der Waals surface area contributed by atoms with Crippen molar-refractivity contribution in [1.29, 1.82) is 0 Å². The fourth-order valence-electron chi connectivity index (χ4n) is 1.19. The van der Waals surface area contributed by atoms with Gasteiger partial charge in [-0.25, -0.2) is 4.39 Å². The molecule has 98 valence electrons. The summed E-state index contributed by atoms with van der Waals surface area (Å²) in [7, 11) is 0. The molecule has 1 aromatic rings. The highest BCUT2D eigenvalue weighted by molar-refractivity contribution is 6.30. The van der Waals surface area contributed by atoms with Gasteiger partial charge in [0.25, 0.3) is 5.91 Å². The van der Waals surface area contributed by atoms with Crippen molar-refractivity contribution in [2.24, 2.45) is 5.41 Å². The first kappa shape index (κ1) is 14.6. The molecule has 0 aliphatic heterocycles. The minimum Gasteiger partial charge on any atom is -0.345 e. The van der Waals surface area contributed by atoms with Gasteiger partial charge in [-0.1, -0.05) is 32.4 Å². The van der Waals surface area contributed by atoms with E-state index in [2.05, 4.69) is 5.32 Å². The molecule has 0 aliphatic carbocycles. The molecule has 5 heteroatoms. The zero-order chi connectivity index (χ0) is 13.9. The summed E-state index contributed by atoms with van der Waals surface area (Å²) >= 11 is 5.58. The van der Waals surface area contributed by atoms with Crippen LogP contribution in [0.15, 0.2) is 18.2 Å². The zero-order valence-electron chi connectivity index (χ0n) is 10.5. The molecule has 1 rings (SSSR count). The van der Waals surface area contributed by atoms with Gasteiger partial charge in [0.2, 0.25) is 0 Å². The second-order valence-corrected chi connectivity index (χ2v) is 5.42. The summed E-state index contributed by atoms with van der Waals surface area (Å²) in [5.74, 6) is -1.45. The highest BCUT2D eigenvalue weighted by atomic mass is 35.5. The van der Waals surface area contributed by atoms with Crippen LogP contribution >= 0.6 is 11.6 Å². The minimum absolute atomic E-state index is 0.120. The van der Waals surface area contributed by atoms with Crippen LogP contribution in [-0.4, -0.2) is 18.2 Å². The van der Waals surface area contributed by atoms with Gasteiger partial charge >= 0.3 is 0 Å². The lowest BCUT2D eigenvalue weighted by atomic mass is 9.91. The lowest BCUT2D eigenvalue weighted by Gasteiger charge is -2.16. The molecule has 0 aromatic heterocycles. The SMILES string of the molecule is CC(C)(C)C(=O)CNC(=O)c1ccc(Cl)cc1F. The molecule has 18 heavy (non-hydrogen) atoms. The van der Waals surface area contributed by atoms with Crippen LogP contribution in [0, 0.1) is 11.2 Å². The van der Waals surface area contributed by atoms with Gasteiger partial charge in [0.1, 0.15) is 5.82 Å². The van der Waals surface area contributed by atoms with E-state index in [1.165, 1.54) is 12.1 Å². The second-order valence-electron chi connectivity index (χ2n) is 4.98. The van der Waals surface area contributed by atoms with Gasteiger partial charge in [-0.2, -0.15) is 0 Å². The molecule has 1 amide bonds. The molecule has 1 N–H and O–H groups in total. The van der Waals surface area contributed by atoms with E-state index in [0.29, 0.717) is 0 Å². The van der Waals surface area contributed by atoms with Gasteiger partial charge in [-0.05, 0) is 18.2 Å². The van der Waals surface area contributed by atoms with Crippen molar-refractivity contribution >= 4 is 23.3 Å². The van der Waals surface area contributed by atoms with Crippen LogP contribution in [0.4, 0.5) is 4.39 Å². The molecule has 0 spiro atoms. The molecule has 3 nitrogen and oxygen atoms in total. The van der Waals surface area contributed by atoms with Gasteiger partial charge in [0.05, 0.1) is 12.1 Å². The lowest BCUT2D eigenvalue weighted by Crippen LogP contribution is -2.35. The molecule has 0 saturated carbocycles. The number of carbonyl (C=O) groups is 2. The molecule has 0 heterocycles. The van der Waals surface area contributed by atoms with Crippen LogP contribution in [0.5, 0.6) is 0 Å². The summed E-state index contributed by atoms with van der Waals surface area (Å²) in [6.07, 6.45) is 0. The van der Waals surface area contributed by atoms with Gasteiger partial charge in [-0.3, -0.25) is 9.59 Å². The van der Waals surface area contributed by atoms with Gasteiger partial charge in [-0.15, -0.1) is 0 Å². The number of rotatable bonds is 3. The van der Waals surface area contributed by atoms with E-state index < -0.39 is 17.1 Å². The van der Waals surface area contributed by atoms with E-state index in [1.54, 1.807) is 20.8 Å². The quantitative estimate of drug-likeness (QED) is 0.919. The van der Waals surface area contributed by atoms with E-state index in [0.717, 1.165) is 6.07 Å². The first-order valence-corrected chi connectivity index (χ1v) is 5.86. The van der Waals surface area contributed by atoms with Crippen molar-refractivity contribution in [3.05, 3.63) is 34.6 Å². The van der Waals surface area contributed by atoms with Crippen LogP contribution in [0.1, 0.15) is 31.1 Å². The topological polar surface area (TPSA) is 46.2 Å². The first-order chi connectivity index (χ1) is 8.21. The number of benzene rings is 1. The average molecular weight is 272 g/mol. The second kappa shape index (κ2) is 5.48. The van der Waals surface area contributed by atoms with Crippen molar-refractivity contribution < 1.29 is 14.0 Å². The summed E-state index contributed by atoms with van der Waals surface area (Å²) < 4.78 is 13.4. The van der Waals surface area contributed by atoms with Crippen LogP contribution in [0.25, 0.3) is 0 Å². The molecule has 0 fully saturated rings. The third kappa shape index (κ3) is 3.81. The fraction of sp³-hybridized carbons (Fsp3) is 0.385. The zero-order valence-corrected chi connectivity index (χ0v) is 11.3. The molecule has 0 unspecified atom stereocenters. The van der Waals surface area contributed by atoms with Crippen molar-refractivity contribution in [1.82, 2.24) is 5.32 Å². The molecule has 0 radical (unpaired) electrons. The predicted octanol–water partition coefficient (Wildman–Crippen LogP) is 2.82. The van der Waals surface area contributed by atoms with E-state index in [-0.39, 0.29) is 22.9 Å². The normalized spacial score (nSPS) is 11.2. The Morgan fingerprint density at radius 3 is 2.44 bits per heavy atom. The largest absolute Gasteiger partial charge is 0.345 e. The number of Topliss-reactive ketones (excluding diaryl/α,β-unsaturated/α-hetero) is 1. The van der Waals surface area contributed by atoms with E-state index in [1.807, 2.05) is 0 Å². The number of hydrogen-bond donors (Lipinski definition) is 1. The molecule has 1 aromatic carbocycles. The number of hydrogen-bond acceptors (Lipinski definition) is 2. The Labute approximate surface area is 110 Å². The number of carbonyl (C=O) groups excluding carboxylic acids is 2. The number of nitrogens with one attached hydrogen (secondary N) is 1. The van der Waals surface area contributed by atoms with Crippen molar-refractivity contribution in [2.45, 2.75) is 20.8 Å². The number of amides is 1. The van der Waals surface area contributed by atoms with Gasteiger partial charge in [0, 0.05) is 10.4 Å². The maximum absolute atomic E-state index is 13.4.